The topological polar surface area (TPSA) is 46.6 Å². The van der Waals surface area contributed by atoms with E-state index in [1.54, 1.807) is 0 Å². The van der Waals surface area contributed by atoms with Gasteiger partial charge in [0.15, 0.2) is 0 Å². The Morgan fingerprint density at radius 2 is 1.86 bits per heavy atom. The highest BCUT2D eigenvalue weighted by molar-refractivity contribution is 5.81. The number of benzene rings is 1. The first-order valence-corrected chi connectivity index (χ1v) is 10.7. The Morgan fingerprint density at radius 1 is 1.18 bits per heavy atom. The summed E-state index contributed by atoms with van der Waals surface area (Å²) in [6.45, 7) is 11.2. The largest absolute Gasteiger partial charge is 0.465 e. The van der Waals surface area contributed by atoms with Gasteiger partial charge in [-0.3, -0.25) is 9.59 Å². The molecule has 0 aromatic heterocycles. The molecule has 4 nitrogen and oxygen atoms in total. The molecular weight excluding hydrogens is 350 g/mol. The Balaban J connectivity index is 1.34. The van der Waals surface area contributed by atoms with Crippen LogP contribution in [0.4, 0.5) is 0 Å². The zero-order valence-electron chi connectivity index (χ0n) is 17.7. The number of hydrogen-bond acceptors (Lipinski definition) is 3. The molecule has 3 fully saturated rings. The molecule has 1 aromatic carbocycles. The molecule has 0 radical (unpaired) electrons. The van der Waals surface area contributed by atoms with Gasteiger partial charge in [-0.15, -0.1) is 0 Å². The van der Waals surface area contributed by atoms with E-state index in [-0.39, 0.29) is 22.7 Å². The number of cyclic esters (lactones) is 1. The van der Waals surface area contributed by atoms with Crippen molar-refractivity contribution in [3.8, 4) is 0 Å². The van der Waals surface area contributed by atoms with Gasteiger partial charge < -0.3 is 9.64 Å². The average molecular weight is 384 g/mol. The van der Waals surface area contributed by atoms with Crippen LogP contribution in [0.2, 0.25) is 0 Å². The van der Waals surface area contributed by atoms with Gasteiger partial charge in [-0.2, -0.15) is 0 Å². The third kappa shape index (κ3) is 3.58. The van der Waals surface area contributed by atoms with Crippen LogP contribution in [0.1, 0.15) is 70.4 Å². The zero-order valence-corrected chi connectivity index (χ0v) is 17.7. The minimum Gasteiger partial charge on any atom is -0.465 e. The molecule has 1 aromatic rings. The maximum Gasteiger partial charge on any atom is 0.306 e. The number of carbonyl (C=O) groups is 2. The first kappa shape index (κ1) is 19.5. The summed E-state index contributed by atoms with van der Waals surface area (Å²) >= 11 is 0. The number of piperidine rings is 1. The molecule has 28 heavy (non-hydrogen) atoms. The number of likely N-dealkylation sites (tertiary alicyclic amines) is 1. The summed E-state index contributed by atoms with van der Waals surface area (Å²) in [5.74, 6) is 1.26. The summed E-state index contributed by atoms with van der Waals surface area (Å²) in [7, 11) is 0. The van der Waals surface area contributed by atoms with E-state index in [4.69, 9.17) is 4.74 Å². The predicted octanol–water partition coefficient (Wildman–Crippen LogP) is 4.28. The number of esters is 1. The van der Waals surface area contributed by atoms with E-state index in [1.165, 1.54) is 11.1 Å². The van der Waals surface area contributed by atoms with Gasteiger partial charge in [0.25, 0.3) is 0 Å². The molecule has 4 rings (SSSR count). The smallest absolute Gasteiger partial charge is 0.306 e. The summed E-state index contributed by atoms with van der Waals surface area (Å²) < 4.78 is 5.13. The molecule has 2 aliphatic heterocycles. The van der Waals surface area contributed by atoms with Crippen molar-refractivity contribution in [3.05, 3.63) is 35.4 Å². The Kier molecular flexibility index (Phi) is 4.79. The molecule has 1 aliphatic carbocycles. The van der Waals surface area contributed by atoms with Crippen molar-refractivity contribution >= 4 is 11.9 Å². The molecule has 152 valence electrons. The first-order chi connectivity index (χ1) is 13.2. The van der Waals surface area contributed by atoms with Crippen molar-refractivity contribution in [3.63, 3.8) is 0 Å². The van der Waals surface area contributed by atoms with Crippen molar-refractivity contribution in [2.45, 2.75) is 64.7 Å². The lowest BCUT2D eigenvalue weighted by molar-refractivity contribution is -0.145. The molecule has 2 heterocycles. The minimum atomic E-state index is -0.0992. The number of amides is 1. The number of carbonyl (C=O) groups excluding carboxylic acids is 2. The maximum absolute atomic E-state index is 12.9. The molecule has 1 saturated carbocycles. The lowest BCUT2D eigenvalue weighted by Gasteiger charge is -2.46. The Morgan fingerprint density at radius 3 is 2.39 bits per heavy atom. The van der Waals surface area contributed by atoms with Crippen LogP contribution in [0, 0.1) is 17.3 Å². The number of rotatable bonds is 2. The van der Waals surface area contributed by atoms with Crippen LogP contribution in [-0.2, 0) is 19.7 Å². The van der Waals surface area contributed by atoms with Gasteiger partial charge >= 0.3 is 5.97 Å². The van der Waals surface area contributed by atoms with Gasteiger partial charge in [-0.05, 0) is 47.6 Å². The molecule has 1 spiro atoms. The highest BCUT2D eigenvalue weighted by atomic mass is 16.5. The van der Waals surface area contributed by atoms with Crippen molar-refractivity contribution in [1.82, 2.24) is 4.90 Å². The summed E-state index contributed by atoms with van der Waals surface area (Å²) in [5, 5.41) is 0. The van der Waals surface area contributed by atoms with Crippen LogP contribution in [0.15, 0.2) is 24.3 Å². The summed E-state index contributed by atoms with van der Waals surface area (Å²) in [5.41, 5.74) is 2.91. The number of ether oxygens (including phenoxy) is 1. The quantitative estimate of drug-likeness (QED) is 0.716. The third-order valence-electron chi connectivity index (χ3n) is 7.19. The maximum atomic E-state index is 12.9. The fraction of sp³-hybridized carbons (Fsp3) is 0.667. The van der Waals surface area contributed by atoms with Crippen molar-refractivity contribution in [2.75, 3.05) is 19.7 Å². The average Bonchev–Trinajstić information content (AvgIpc) is 3.01. The molecule has 2 saturated heterocycles. The highest BCUT2D eigenvalue weighted by Crippen LogP contribution is 2.52. The predicted molar refractivity (Wildman–Crippen MR) is 109 cm³/mol. The lowest BCUT2D eigenvalue weighted by atomic mass is 9.61. The molecule has 2 atom stereocenters. The lowest BCUT2D eigenvalue weighted by Crippen LogP contribution is -2.50. The van der Waals surface area contributed by atoms with Crippen LogP contribution in [-0.4, -0.2) is 36.5 Å². The molecule has 1 amide bonds. The fourth-order valence-electron chi connectivity index (χ4n) is 5.39. The van der Waals surface area contributed by atoms with Gasteiger partial charge in [-0.25, -0.2) is 0 Å². The van der Waals surface area contributed by atoms with E-state index in [0.29, 0.717) is 30.8 Å². The fourth-order valence-corrected chi connectivity index (χ4v) is 5.39. The molecule has 4 heteroatoms. The Hall–Kier alpha value is -1.84. The standard InChI is InChI=1S/C24H33NO3/c1-16-14-25(22(27)18-11-24(12-18)13-21(26)28-15-24)10-9-20(16)17-5-7-19(8-6-17)23(2,3)4/h5-8,16,18,20H,9-15H2,1-4H3/t16-,18?,20+,24?/m0/s1. The summed E-state index contributed by atoms with van der Waals surface area (Å²) in [6.07, 6.45) is 3.17. The second-order valence-corrected chi connectivity index (χ2v) is 10.5. The van der Waals surface area contributed by atoms with Gasteiger partial charge in [-0.1, -0.05) is 52.0 Å². The minimum absolute atomic E-state index is 0.0316. The van der Waals surface area contributed by atoms with Gasteiger partial charge in [0, 0.05) is 24.4 Å². The van der Waals surface area contributed by atoms with Crippen molar-refractivity contribution in [1.29, 1.82) is 0 Å². The summed E-state index contributed by atoms with van der Waals surface area (Å²) in [4.78, 5) is 26.4. The second kappa shape index (κ2) is 6.89. The van der Waals surface area contributed by atoms with Crippen LogP contribution in [0.25, 0.3) is 0 Å². The summed E-state index contributed by atoms with van der Waals surface area (Å²) in [6, 6.07) is 9.09. The van der Waals surface area contributed by atoms with Gasteiger partial charge in [0.2, 0.25) is 5.91 Å². The van der Waals surface area contributed by atoms with E-state index < -0.39 is 0 Å². The van der Waals surface area contributed by atoms with Crippen LogP contribution in [0.3, 0.4) is 0 Å². The molecule has 3 aliphatic rings. The highest BCUT2D eigenvalue weighted by Gasteiger charge is 2.53. The number of nitrogens with zero attached hydrogens (tertiary/aromatic N) is 1. The zero-order chi connectivity index (χ0) is 20.1. The molecule has 0 N–H and O–H groups in total. The van der Waals surface area contributed by atoms with E-state index in [1.807, 2.05) is 0 Å². The SMILES string of the molecule is C[C@H]1CN(C(=O)C2CC3(COC(=O)C3)C2)CC[C@H]1c1ccc(C(C)(C)C)cc1. The van der Waals surface area contributed by atoms with Gasteiger partial charge in [0.05, 0.1) is 13.0 Å². The van der Waals surface area contributed by atoms with E-state index >= 15 is 0 Å². The number of hydrogen-bond donors (Lipinski definition) is 0. The normalized spacial score (nSPS) is 32.9. The van der Waals surface area contributed by atoms with E-state index in [2.05, 4.69) is 56.9 Å². The molecule has 0 bridgehead atoms. The molecular formula is C24H33NO3. The van der Waals surface area contributed by atoms with Crippen molar-refractivity contribution < 1.29 is 14.3 Å². The first-order valence-electron chi connectivity index (χ1n) is 10.7. The Labute approximate surface area is 168 Å². The van der Waals surface area contributed by atoms with E-state index in [9.17, 15) is 9.59 Å². The van der Waals surface area contributed by atoms with Crippen LogP contribution >= 0.6 is 0 Å². The monoisotopic (exact) mass is 383 g/mol. The Bertz CT molecular complexity index is 755. The van der Waals surface area contributed by atoms with E-state index in [0.717, 1.165) is 32.4 Å². The van der Waals surface area contributed by atoms with Crippen LogP contribution in [0.5, 0.6) is 0 Å². The molecule has 0 unspecified atom stereocenters. The van der Waals surface area contributed by atoms with Gasteiger partial charge in [0.1, 0.15) is 0 Å². The van der Waals surface area contributed by atoms with Crippen LogP contribution < -0.4 is 0 Å². The van der Waals surface area contributed by atoms with Crippen molar-refractivity contribution in [2.24, 2.45) is 17.3 Å². The second-order valence-electron chi connectivity index (χ2n) is 10.5. The third-order valence-corrected chi connectivity index (χ3v) is 7.19.